The number of hydrogen-bond acceptors (Lipinski definition) is 5. The fourth-order valence-electron chi connectivity index (χ4n) is 3.18. The van der Waals surface area contributed by atoms with Gasteiger partial charge < -0.3 is 9.64 Å². The second kappa shape index (κ2) is 9.67. The smallest absolute Gasteiger partial charge is 0.310 e. The molecule has 0 bridgehead atoms. The van der Waals surface area contributed by atoms with Crippen molar-refractivity contribution in [1.82, 2.24) is 4.90 Å². The molecule has 3 rings (SSSR count). The highest BCUT2D eigenvalue weighted by Crippen LogP contribution is 2.35. The van der Waals surface area contributed by atoms with Crippen LogP contribution in [0.15, 0.2) is 28.9 Å². The van der Waals surface area contributed by atoms with Crippen molar-refractivity contribution in [3.63, 3.8) is 0 Å². The van der Waals surface area contributed by atoms with Gasteiger partial charge in [0.15, 0.2) is 0 Å². The average Bonchev–Trinajstić information content (AvgIpc) is 3.37. The number of likely N-dealkylation sites (tertiary alicyclic amines) is 1. The molecular formula is C22H29NO2S2. The summed E-state index contributed by atoms with van der Waals surface area (Å²) in [5.74, 6) is -0.870. The van der Waals surface area contributed by atoms with E-state index in [9.17, 15) is 4.79 Å². The number of ether oxygens (including phenoxy) is 1. The van der Waals surface area contributed by atoms with E-state index in [1.165, 1.54) is 27.6 Å². The maximum Gasteiger partial charge on any atom is 0.310 e. The monoisotopic (exact) mass is 408 g/mol. The number of carbonyl (C=O) groups excluding carboxylic acids is 1. The largest absolute Gasteiger partial charge is 0.466 e. The zero-order valence-electron chi connectivity index (χ0n) is 21.0. The van der Waals surface area contributed by atoms with Crippen molar-refractivity contribution >= 4 is 34.2 Å². The summed E-state index contributed by atoms with van der Waals surface area (Å²) in [5, 5.41) is 3.80. The Morgan fingerprint density at radius 1 is 1.33 bits per heavy atom. The third-order valence-corrected chi connectivity index (χ3v) is 6.69. The molecule has 2 aromatic heterocycles. The minimum absolute atomic E-state index is 0.0734. The van der Waals surface area contributed by atoms with E-state index in [2.05, 4.69) is 0 Å². The Morgan fingerprint density at radius 2 is 2.00 bits per heavy atom. The van der Waals surface area contributed by atoms with Crippen LogP contribution in [0, 0.1) is 19.8 Å². The fraction of sp³-hybridized carbons (Fsp3) is 0.500. The van der Waals surface area contributed by atoms with Gasteiger partial charge in [-0.05, 0) is 80.6 Å². The zero-order valence-corrected chi connectivity index (χ0v) is 17.6. The van der Waals surface area contributed by atoms with E-state index < -0.39 is 18.8 Å². The van der Waals surface area contributed by atoms with Crippen LogP contribution >= 0.6 is 22.7 Å². The predicted molar refractivity (Wildman–Crippen MR) is 116 cm³/mol. The Hall–Kier alpha value is -1.43. The van der Waals surface area contributed by atoms with Gasteiger partial charge in [0, 0.05) is 33.9 Å². The van der Waals surface area contributed by atoms with Crippen molar-refractivity contribution < 1.29 is 16.4 Å². The van der Waals surface area contributed by atoms with Crippen LogP contribution in [0.3, 0.4) is 0 Å². The van der Waals surface area contributed by atoms with Crippen molar-refractivity contribution in [2.24, 2.45) is 5.92 Å². The Kier molecular flexibility index (Phi) is 5.21. The van der Waals surface area contributed by atoms with Crippen molar-refractivity contribution in [2.45, 2.75) is 40.0 Å². The van der Waals surface area contributed by atoms with Crippen LogP contribution in [0.25, 0.3) is 5.57 Å². The molecule has 5 heteroatoms. The van der Waals surface area contributed by atoms with Crippen molar-refractivity contribution in [3.8, 4) is 0 Å². The third kappa shape index (κ3) is 5.09. The molecule has 0 aliphatic carbocycles. The highest BCUT2D eigenvalue weighted by molar-refractivity contribution is 7.14. The number of thiophene rings is 2. The number of carbonyl (C=O) groups is 1. The zero-order chi connectivity index (χ0) is 23.7. The highest BCUT2D eigenvalue weighted by atomic mass is 32.1. The molecule has 1 aliphatic heterocycles. The molecule has 1 aliphatic rings. The van der Waals surface area contributed by atoms with Gasteiger partial charge in [-0.3, -0.25) is 4.79 Å². The van der Waals surface area contributed by atoms with E-state index in [0.717, 1.165) is 20.9 Å². The molecule has 3 nitrogen and oxygen atoms in total. The van der Waals surface area contributed by atoms with Crippen LogP contribution in [0.5, 0.6) is 0 Å². The summed E-state index contributed by atoms with van der Waals surface area (Å²) in [7, 11) is 0. The Morgan fingerprint density at radius 3 is 2.56 bits per heavy atom. The molecule has 3 heterocycles. The van der Waals surface area contributed by atoms with E-state index in [4.69, 9.17) is 11.6 Å². The lowest BCUT2D eigenvalue weighted by molar-refractivity contribution is -0.149. The minimum Gasteiger partial charge on any atom is -0.466 e. The lowest BCUT2D eigenvalue weighted by Gasteiger charge is -2.31. The Bertz CT molecular complexity index is 956. The first-order valence-corrected chi connectivity index (χ1v) is 11.0. The topological polar surface area (TPSA) is 29.5 Å². The first kappa shape index (κ1) is 14.6. The first-order chi connectivity index (χ1) is 15.0. The van der Waals surface area contributed by atoms with Gasteiger partial charge in [-0.15, -0.1) is 22.7 Å². The molecule has 0 amide bonds. The van der Waals surface area contributed by atoms with E-state index in [-0.39, 0.29) is 25.2 Å². The number of esters is 1. The van der Waals surface area contributed by atoms with Crippen molar-refractivity contribution in [3.05, 3.63) is 49.8 Å². The van der Waals surface area contributed by atoms with Gasteiger partial charge in [0.25, 0.3) is 0 Å². The molecule has 1 atom stereocenters. The van der Waals surface area contributed by atoms with Gasteiger partial charge in [-0.25, -0.2) is 0 Å². The number of aryl methyl sites for hydroxylation is 2. The van der Waals surface area contributed by atoms with Gasteiger partial charge in [0.2, 0.25) is 0 Å². The first-order valence-electron chi connectivity index (χ1n) is 11.7. The molecule has 0 radical (unpaired) electrons. The van der Waals surface area contributed by atoms with Gasteiger partial charge >= 0.3 is 5.97 Å². The molecule has 0 saturated carbocycles. The standard InChI is InChI=1S/C22H29NO2S2/c1-4-25-22(24)18-7-5-11-23(15-18)12-6-8-19(20-16(2)9-13-26-20)21-17(3)10-14-27-21/h8-10,13-14,18H,4-7,11-12,15H2,1-3H3/t18-/m1/s1/i6D2,8D,12D2. The molecule has 27 heavy (non-hydrogen) atoms. The summed E-state index contributed by atoms with van der Waals surface area (Å²) in [5.41, 5.74) is 2.30. The second-order valence-electron chi connectivity index (χ2n) is 6.64. The van der Waals surface area contributed by atoms with E-state index >= 15 is 0 Å². The maximum atomic E-state index is 12.2. The van der Waals surface area contributed by atoms with Crippen LogP contribution in [-0.4, -0.2) is 37.1 Å². The lowest BCUT2D eigenvalue weighted by Crippen LogP contribution is -2.39. The third-order valence-electron chi connectivity index (χ3n) is 4.62. The van der Waals surface area contributed by atoms with E-state index in [1.807, 2.05) is 36.7 Å². The second-order valence-corrected chi connectivity index (χ2v) is 8.47. The van der Waals surface area contributed by atoms with Gasteiger partial charge in [0.05, 0.1) is 13.9 Å². The summed E-state index contributed by atoms with van der Waals surface area (Å²) >= 11 is 2.86. The maximum absolute atomic E-state index is 12.2. The predicted octanol–water partition coefficient (Wildman–Crippen LogP) is 5.52. The van der Waals surface area contributed by atoms with E-state index in [1.54, 1.807) is 6.92 Å². The highest BCUT2D eigenvalue weighted by Gasteiger charge is 2.26. The molecule has 0 unspecified atom stereocenters. The van der Waals surface area contributed by atoms with Crippen molar-refractivity contribution in [2.75, 3.05) is 26.2 Å². The summed E-state index contributed by atoms with van der Waals surface area (Å²) in [6.07, 6.45) is -1.45. The number of hydrogen-bond donors (Lipinski definition) is 0. The number of rotatable bonds is 7. The van der Waals surface area contributed by atoms with Crippen LogP contribution in [-0.2, 0) is 9.53 Å². The molecule has 0 spiro atoms. The Balaban J connectivity index is 2.04. The molecule has 1 saturated heterocycles. The van der Waals surface area contributed by atoms with Crippen molar-refractivity contribution in [1.29, 1.82) is 0 Å². The molecule has 146 valence electrons. The summed E-state index contributed by atoms with van der Waals surface area (Å²) in [6, 6.07) is 3.47. The fourth-order valence-corrected chi connectivity index (χ4v) is 5.11. The summed E-state index contributed by atoms with van der Waals surface area (Å²) in [6.45, 7) is 3.74. The molecule has 2 aromatic rings. The lowest BCUT2D eigenvalue weighted by atomic mass is 9.98. The summed E-state index contributed by atoms with van der Waals surface area (Å²) in [4.78, 5) is 15.2. The molecule has 0 N–H and O–H groups in total. The summed E-state index contributed by atoms with van der Waals surface area (Å²) < 4.78 is 49.1. The van der Waals surface area contributed by atoms with Gasteiger partial charge in [-0.2, -0.15) is 0 Å². The van der Waals surface area contributed by atoms with Crippen LogP contribution in [0.2, 0.25) is 0 Å². The normalized spacial score (nSPS) is 21.4. The molecule has 1 fully saturated rings. The van der Waals surface area contributed by atoms with Crippen LogP contribution < -0.4 is 0 Å². The SMILES string of the molecule is [2H]C(=C(c1sccc1C)c1sccc1C)C([2H])([2H])C([2H])([2H])N1CCC[C@@H](C(=O)OCC)C1. The van der Waals surface area contributed by atoms with Crippen LogP contribution in [0.4, 0.5) is 0 Å². The van der Waals surface area contributed by atoms with Crippen LogP contribution in [0.1, 0.15) is 53.9 Å². The average molecular weight is 409 g/mol. The number of nitrogens with zero attached hydrogens (tertiary/aromatic N) is 1. The Labute approximate surface area is 177 Å². The molecular weight excluding hydrogens is 374 g/mol. The quantitative estimate of drug-likeness (QED) is 0.565. The van der Waals surface area contributed by atoms with Gasteiger partial charge in [-0.1, -0.05) is 6.05 Å². The minimum atomic E-state index is -2.61. The van der Waals surface area contributed by atoms with E-state index in [0.29, 0.717) is 25.0 Å². The number of piperidine rings is 1. The van der Waals surface area contributed by atoms with Gasteiger partial charge in [0.1, 0.15) is 0 Å². The molecule has 0 aromatic carbocycles.